The van der Waals surface area contributed by atoms with Crippen LogP contribution in [0.15, 0.2) is 23.4 Å². The van der Waals surface area contributed by atoms with Crippen molar-refractivity contribution in [2.24, 2.45) is 16.3 Å². The summed E-state index contributed by atoms with van der Waals surface area (Å²) in [5.41, 5.74) is 10.1. The standard InChI is InChI=1S/C16H23N3O/c1-12-4-5-14-13(9-12)3-2-8-19(14)11-16(6-7-16)10-15(17)18-20/h4-5,9,20H,2-3,6-8,10-11H2,1H3,(H2,17,18). The number of nitrogens with two attached hydrogens (primary N) is 1. The molecule has 3 rings (SSSR count). The Balaban J connectivity index is 1.77. The third-order valence-corrected chi connectivity index (χ3v) is 4.62. The Kier molecular flexibility index (Phi) is 3.32. The Bertz CT molecular complexity index is 535. The highest BCUT2D eigenvalue weighted by atomic mass is 16.4. The van der Waals surface area contributed by atoms with Crippen molar-refractivity contribution in [3.8, 4) is 0 Å². The molecule has 0 saturated heterocycles. The van der Waals surface area contributed by atoms with E-state index in [2.05, 4.69) is 35.2 Å². The van der Waals surface area contributed by atoms with Gasteiger partial charge in [0, 0.05) is 25.2 Å². The van der Waals surface area contributed by atoms with Gasteiger partial charge in [-0.05, 0) is 49.7 Å². The van der Waals surface area contributed by atoms with Crippen molar-refractivity contribution < 1.29 is 5.21 Å². The fourth-order valence-corrected chi connectivity index (χ4v) is 3.36. The molecule has 3 N–H and O–H groups in total. The summed E-state index contributed by atoms with van der Waals surface area (Å²) in [4.78, 5) is 2.50. The Morgan fingerprint density at radius 3 is 2.95 bits per heavy atom. The number of hydrogen-bond acceptors (Lipinski definition) is 3. The molecular formula is C16H23N3O. The highest BCUT2D eigenvalue weighted by Gasteiger charge is 2.45. The predicted molar refractivity (Wildman–Crippen MR) is 81.4 cm³/mol. The lowest BCUT2D eigenvalue weighted by Gasteiger charge is -2.34. The summed E-state index contributed by atoms with van der Waals surface area (Å²) >= 11 is 0. The average molecular weight is 273 g/mol. The zero-order chi connectivity index (χ0) is 14.2. The third kappa shape index (κ3) is 2.60. The van der Waals surface area contributed by atoms with Gasteiger partial charge in [-0.1, -0.05) is 22.9 Å². The lowest BCUT2D eigenvalue weighted by atomic mass is 9.95. The summed E-state index contributed by atoms with van der Waals surface area (Å²) in [6.45, 7) is 4.30. The summed E-state index contributed by atoms with van der Waals surface area (Å²) in [6, 6.07) is 6.76. The Morgan fingerprint density at radius 1 is 1.45 bits per heavy atom. The number of hydrogen-bond donors (Lipinski definition) is 2. The van der Waals surface area contributed by atoms with E-state index < -0.39 is 0 Å². The molecule has 0 amide bonds. The molecule has 1 heterocycles. The zero-order valence-electron chi connectivity index (χ0n) is 12.1. The summed E-state index contributed by atoms with van der Waals surface area (Å²) < 4.78 is 0. The molecule has 1 saturated carbocycles. The van der Waals surface area contributed by atoms with Crippen molar-refractivity contribution in [2.75, 3.05) is 18.0 Å². The van der Waals surface area contributed by atoms with Crippen LogP contribution in [0.4, 0.5) is 5.69 Å². The maximum absolute atomic E-state index is 8.77. The molecule has 1 aliphatic heterocycles. The van der Waals surface area contributed by atoms with Gasteiger partial charge >= 0.3 is 0 Å². The number of rotatable bonds is 4. The van der Waals surface area contributed by atoms with Crippen LogP contribution in [0.1, 0.15) is 36.8 Å². The number of benzene rings is 1. The molecule has 0 spiro atoms. The van der Waals surface area contributed by atoms with Gasteiger partial charge in [0.2, 0.25) is 0 Å². The van der Waals surface area contributed by atoms with Crippen LogP contribution in [0, 0.1) is 12.3 Å². The lowest BCUT2D eigenvalue weighted by Crippen LogP contribution is -2.36. The van der Waals surface area contributed by atoms with Gasteiger partial charge in [-0.25, -0.2) is 0 Å². The minimum absolute atomic E-state index is 0.232. The summed E-state index contributed by atoms with van der Waals surface area (Å²) in [5, 5.41) is 11.9. The minimum Gasteiger partial charge on any atom is -0.409 e. The van der Waals surface area contributed by atoms with Crippen LogP contribution in [-0.4, -0.2) is 24.1 Å². The first-order valence-electron chi connectivity index (χ1n) is 7.43. The van der Waals surface area contributed by atoms with Crippen molar-refractivity contribution in [1.82, 2.24) is 0 Å². The molecule has 4 heteroatoms. The average Bonchev–Trinajstić information content (AvgIpc) is 3.18. The van der Waals surface area contributed by atoms with E-state index in [1.165, 1.54) is 42.5 Å². The molecule has 1 aromatic carbocycles. The number of oxime groups is 1. The van der Waals surface area contributed by atoms with E-state index in [0.717, 1.165) is 13.1 Å². The fourth-order valence-electron chi connectivity index (χ4n) is 3.36. The van der Waals surface area contributed by atoms with E-state index >= 15 is 0 Å². The van der Waals surface area contributed by atoms with Crippen LogP contribution in [0.25, 0.3) is 0 Å². The first-order chi connectivity index (χ1) is 9.62. The molecule has 1 aromatic rings. The second-order valence-electron chi connectivity index (χ2n) is 6.43. The molecule has 1 fully saturated rings. The molecule has 0 atom stereocenters. The van der Waals surface area contributed by atoms with Crippen LogP contribution >= 0.6 is 0 Å². The molecular weight excluding hydrogens is 250 g/mol. The molecule has 0 radical (unpaired) electrons. The van der Waals surface area contributed by atoms with E-state index in [-0.39, 0.29) is 5.41 Å². The zero-order valence-corrected chi connectivity index (χ0v) is 12.1. The number of aryl methyl sites for hydroxylation is 2. The lowest BCUT2D eigenvalue weighted by molar-refractivity contribution is 0.314. The van der Waals surface area contributed by atoms with Crippen LogP contribution in [0.3, 0.4) is 0 Å². The topological polar surface area (TPSA) is 61.8 Å². The van der Waals surface area contributed by atoms with E-state index in [0.29, 0.717) is 12.3 Å². The predicted octanol–water partition coefficient (Wildman–Crippen LogP) is 2.66. The largest absolute Gasteiger partial charge is 0.409 e. The van der Waals surface area contributed by atoms with Gasteiger partial charge in [-0.15, -0.1) is 0 Å². The summed E-state index contributed by atoms with van der Waals surface area (Å²) in [5.74, 6) is 0.364. The second kappa shape index (κ2) is 5.00. The quantitative estimate of drug-likeness (QED) is 0.384. The highest BCUT2D eigenvalue weighted by molar-refractivity contribution is 5.80. The summed E-state index contributed by atoms with van der Waals surface area (Å²) in [6.07, 6.45) is 5.47. The van der Waals surface area contributed by atoms with Gasteiger partial charge in [0.25, 0.3) is 0 Å². The Hall–Kier alpha value is -1.71. The number of amidine groups is 1. The van der Waals surface area contributed by atoms with Gasteiger partial charge in [-0.3, -0.25) is 0 Å². The Labute approximate surface area is 120 Å². The van der Waals surface area contributed by atoms with Crippen molar-refractivity contribution >= 4 is 11.5 Å². The highest BCUT2D eigenvalue weighted by Crippen LogP contribution is 2.50. The number of fused-ring (bicyclic) bond motifs is 1. The minimum atomic E-state index is 0.232. The van der Waals surface area contributed by atoms with Crippen molar-refractivity contribution in [2.45, 2.75) is 39.0 Å². The van der Waals surface area contributed by atoms with Gasteiger partial charge in [0.15, 0.2) is 0 Å². The molecule has 2 aliphatic rings. The molecule has 1 aliphatic carbocycles. The molecule has 0 aromatic heterocycles. The smallest absolute Gasteiger partial charge is 0.139 e. The van der Waals surface area contributed by atoms with E-state index in [9.17, 15) is 0 Å². The molecule has 0 unspecified atom stereocenters. The first kappa shape index (κ1) is 13.3. The third-order valence-electron chi connectivity index (χ3n) is 4.62. The van der Waals surface area contributed by atoms with Crippen LogP contribution in [0.5, 0.6) is 0 Å². The van der Waals surface area contributed by atoms with Crippen molar-refractivity contribution in [3.05, 3.63) is 29.3 Å². The monoisotopic (exact) mass is 273 g/mol. The normalized spacial score (nSPS) is 20.6. The van der Waals surface area contributed by atoms with Gasteiger partial charge < -0.3 is 15.8 Å². The first-order valence-corrected chi connectivity index (χ1v) is 7.43. The second-order valence-corrected chi connectivity index (χ2v) is 6.43. The van der Waals surface area contributed by atoms with Gasteiger partial charge in [-0.2, -0.15) is 0 Å². The SMILES string of the molecule is Cc1ccc2c(c1)CCCN2CC1(CC(N)=NO)CC1. The molecule has 108 valence electrons. The van der Waals surface area contributed by atoms with Crippen molar-refractivity contribution in [3.63, 3.8) is 0 Å². The van der Waals surface area contributed by atoms with E-state index in [4.69, 9.17) is 10.9 Å². The van der Waals surface area contributed by atoms with E-state index in [1.54, 1.807) is 0 Å². The van der Waals surface area contributed by atoms with Crippen molar-refractivity contribution in [1.29, 1.82) is 0 Å². The van der Waals surface area contributed by atoms with E-state index in [1.807, 2.05) is 0 Å². The summed E-state index contributed by atoms with van der Waals surface area (Å²) in [7, 11) is 0. The van der Waals surface area contributed by atoms with Crippen LogP contribution in [-0.2, 0) is 6.42 Å². The van der Waals surface area contributed by atoms with Gasteiger partial charge in [0.05, 0.1) is 0 Å². The molecule has 4 nitrogen and oxygen atoms in total. The maximum Gasteiger partial charge on any atom is 0.139 e. The Morgan fingerprint density at radius 2 is 2.25 bits per heavy atom. The maximum atomic E-state index is 8.77. The molecule has 0 bridgehead atoms. The van der Waals surface area contributed by atoms with Crippen LogP contribution in [0.2, 0.25) is 0 Å². The number of nitrogens with zero attached hydrogens (tertiary/aromatic N) is 2. The fraction of sp³-hybridized carbons (Fsp3) is 0.562. The van der Waals surface area contributed by atoms with Crippen LogP contribution < -0.4 is 10.6 Å². The van der Waals surface area contributed by atoms with Gasteiger partial charge in [0.1, 0.15) is 5.84 Å². The molecule has 20 heavy (non-hydrogen) atoms. The number of anilines is 1.